The predicted molar refractivity (Wildman–Crippen MR) is 67.1 cm³/mol. The molecule has 1 aromatic rings. The minimum Gasteiger partial charge on any atom is -0.326 e. The molecule has 0 amide bonds. The van der Waals surface area contributed by atoms with Crippen LogP contribution in [0, 0.1) is 0 Å². The smallest absolute Gasteiger partial charge is 0.0100 e. The molecule has 0 radical (unpaired) electrons. The Morgan fingerprint density at radius 1 is 1.13 bits per heavy atom. The van der Waals surface area contributed by atoms with Crippen LogP contribution in [0.4, 0.5) is 0 Å². The fourth-order valence-corrected chi connectivity index (χ4v) is 1.54. The first-order chi connectivity index (χ1) is 6.88. The monoisotopic (exact) mass is 205 g/mol. The van der Waals surface area contributed by atoms with E-state index in [1.165, 1.54) is 11.1 Å². The van der Waals surface area contributed by atoms with Crippen molar-refractivity contribution >= 4 is 0 Å². The SMILES string of the molecule is CC(C)c1ccc(CCC(C)(C)N)cc1. The van der Waals surface area contributed by atoms with Gasteiger partial charge in [-0.2, -0.15) is 0 Å². The van der Waals surface area contributed by atoms with Crippen molar-refractivity contribution in [2.45, 2.75) is 52.0 Å². The third-order valence-corrected chi connectivity index (χ3v) is 2.70. The quantitative estimate of drug-likeness (QED) is 0.800. The Bertz CT molecular complexity index is 290. The van der Waals surface area contributed by atoms with E-state index in [0.717, 1.165) is 12.8 Å². The molecule has 0 heterocycles. The van der Waals surface area contributed by atoms with E-state index in [0.29, 0.717) is 5.92 Å². The summed E-state index contributed by atoms with van der Waals surface area (Å²) in [7, 11) is 0. The van der Waals surface area contributed by atoms with E-state index in [4.69, 9.17) is 5.73 Å². The van der Waals surface area contributed by atoms with Crippen LogP contribution in [0.3, 0.4) is 0 Å². The molecule has 0 fully saturated rings. The van der Waals surface area contributed by atoms with Crippen molar-refractivity contribution in [1.29, 1.82) is 0 Å². The minimum atomic E-state index is -0.0588. The highest BCUT2D eigenvalue weighted by Crippen LogP contribution is 2.16. The van der Waals surface area contributed by atoms with Crippen molar-refractivity contribution < 1.29 is 0 Å². The molecule has 1 nitrogen and oxygen atoms in total. The number of benzene rings is 1. The molecule has 0 aliphatic carbocycles. The Morgan fingerprint density at radius 3 is 2.07 bits per heavy atom. The molecule has 0 aromatic heterocycles. The summed E-state index contributed by atoms with van der Waals surface area (Å²) in [6.07, 6.45) is 2.11. The summed E-state index contributed by atoms with van der Waals surface area (Å²) in [5.74, 6) is 0.616. The van der Waals surface area contributed by atoms with Gasteiger partial charge in [-0.3, -0.25) is 0 Å². The molecule has 1 rings (SSSR count). The third-order valence-electron chi connectivity index (χ3n) is 2.70. The summed E-state index contributed by atoms with van der Waals surface area (Å²) in [6.45, 7) is 8.60. The minimum absolute atomic E-state index is 0.0588. The van der Waals surface area contributed by atoms with Gasteiger partial charge < -0.3 is 5.73 Å². The van der Waals surface area contributed by atoms with Crippen LogP contribution < -0.4 is 5.73 Å². The van der Waals surface area contributed by atoms with Gasteiger partial charge in [-0.1, -0.05) is 38.1 Å². The molecular formula is C14H23N. The average molecular weight is 205 g/mol. The third kappa shape index (κ3) is 4.48. The zero-order chi connectivity index (χ0) is 11.5. The molecule has 15 heavy (non-hydrogen) atoms. The first-order valence-electron chi connectivity index (χ1n) is 5.76. The van der Waals surface area contributed by atoms with Gasteiger partial charge in [0.25, 0.3) is 0 Å². The average Bonchev–Trinajstić information content (AvgIpc) is 2.14. The Labute approximate surface area is 93.7 Å². The van der Waals surface area contributed by atoms with Crippen LogP contribution in [0.5, 0.6) is 0 Å². The highest BCUT2D eigenvalue weighted by molar-refractivity contribution is 5.24. The first kappa shape index (κ1) is 12.3. The molecule has 0 unspecified atom stereocenters. The summed E-state index contributed by atoms with van der Waals surface area (Å²) in [5.41, 5.74) is 8.70. The molecular weight excluding hydrogens is 182 g/mol. The van der Waals surface area contributed by atoms with Gasteiger partial charge in [0, 0.05) is 5.54 Å². The predicted octanol–water partition coefficient (Wildman–Crippen LogP) is 3.48. The lowest BCUT2D eigenvalue weighted by Gasteiger charge is -2.18. The van der Waals surface area contributed by atoms with Crippen molar-refractivity contribution in [2.24, 2.45) is 5.73 Å². The van der Waals surface area contributed by atoms with E-state index in [1.54, 1.807) is 0 Å². The van der Waals surface area contributed by atoms with Crippen molar-refractivity contribution in [2.75, 3.05) is 0 Å². The summed E-state index contributed by atoms with van der Waals surface area (Å²) in [6, 6.07) is 8.90. The van der Waals surface area contributed by atoms with E-state index in [2.05, 4.69) is 52.0 Å². The van der Waals surface area contributed by atoms with Gasteiger partial charge in [0.1, 0.15) is 0 Å². The standard InChI is InChI=1S/C14H23N/c1-11(2)13-7-5-12(6-8-13)9-10-14(3,4)15/h5-8,11H,9-10,15H2,1-4H3. The van der Waals surface area contributed by atoms with Crippen LogP contribution in [0.15, 0.2) is 24.3 Å². The van der Waals surface area contributed by atoms with Gasteiger partial charge in [-0.05, 0) is 43.7 Å². The van der Waals surface area contributed by atoms with Crippen LogP contribution in [0.25, 0.3) is 0 Å². The van der Waals surface area contributed by atoms with Crippen LogP contribution in [0.1, 0.15) is 51.2 Å². The first-order valence-corrected chi connectivity index (χ1v) is 5.76. The van der Waals surface area contributed by atoms with Crippen LogP contribution in [-0.4, -0.2) is 5.54 Å². The fraction of sp³-hybridized carbons (Fsp3) is 0.571. The molecule has 1 aromatic carbocycles. The Kier molecular flexibility index (Phi) is 3.92. The topological polar surface area (TPSA) is 26.0 Å². The molecule has 0 spiro atoms. The Morgan fingerprint density at radius 2 is 1.67 bits per heavy atom. The van der Waals surface area contributed by atoms with Crippen LogP contribution >= 0.6 is 0 Å². The lowest BCUT2D eigenvalue weighted by atomic mass is 9.95. The second-order valence-electron chi connectivity index (χ2n) is 5.38. The van der Waals surface area contributed by atoms with Crippen molar-refractivity contribution in [1.82, 2.24) is 0 Å². The van der Waals surface area contributed by atoms with Gasteiger partial charge in [-0.25, -0.2) is 0 Å². The number of hydrogen-bond donors (Lipinski definition) is 1. The molecule has 0 aliphatic heterocycles. The van der Waals surface area contributed by atoms with Gasteiger partial charge >= 0.3 is 0 Å². The summed E-state index contributed by atoms with van der Waals surface area (Å²) >= 11 is 0. The molecule has 84 valence electrons. The number of aryl methyl sites for hydroxylation is 1. The largest absolute Gasteiger partial charge is 0.326 e. The fourth-order valence-electron chi connectivity index (χ4n) is 1.54. The summed E-state index contributed by atoms with van der Waals surface area (Å²) in [5, 5.41) is 0. The lowest BCUT2D eigenvalue weighted by molar-refractivity contribution is 0.477. The summed E-state index contributed by atoms with van der Waals surface area (Å²) in [4.78, 5) is 0. The zero-order valence-electron chi connectivity index (χ0n) is 10.4. The van der Waals surface area contributed by atoms with Gasteiger partial charge in [0.2, 0.25) is 0 Å². The van der Waals surface area contributed by atoms with Gasteiger partial charge in [0.05, 0.1) is 0 Å². The molecule has 0 bridgehead atoms. The molecule has 0 saturated heterocycles. The maximum atomic E-state index is 5.96. The van der Waals surface area contributed by atoms with Gasteiger partial charge in [-0.15, -0.1) is 0 Å². The molecule has 2 N–H and O–H groups in total. The highest BCUT2D eigenvalue weighted by Gasteiger charge is 2.10. The maximum absolute atomic E-state index is 5.96. The molecule has 0 aliphatic rings. The molecule has 1 heteroatoms. The second-order valence-corrected chi connectivity index (χ2v) is 5.38. The Balaban J connectivity index is 2.57. The number of nitrogens with two attached hydrogens (primary N) is 1. The zero-order valence-corrected chi connectivity index (χ0v) is 10.4. The maximum Gasteiger partial charge on any atom is 0.0100 e. The van der Waals surface area contributed by atoms with E-state index in [9.17, 15) is 0 Å². The number of hydrogen-bond acceptors (Lipinski definition) is 1. The van der Waals surface area contributed by atoms with E-state index < -0.39 is 0 Å². The van der Waals surface area contributed by atoms with E-state index in [-0.39, 0.29) is 5.54 Å². The van der Waals surface area contributed by atoms with Gasteiger partial charge in [0.15, 0.2) is 0 Å². The van der Waals surface area contributed by atoms with Crippen LogP contribution in [0.2, 0.25) is 0 Å². The highest BCUT2D eigenvalue weighted by atomic mass is 14.7. The number of rotatable bonds is 4. The van der Waals surface area contributed by atoms with Crippen molar-refractivity contribution in [3.05, 3.63) is 35.4 Å². The second kappa shape index (κ2) is 4.80. The summed E-state index contributed by atoms with van der Waals surface area (Å²) < 4.78 is 0. The van der Waals surface area contributed by atoms with Crippen molar-refractivity contribution in [3.63, 3.8) is 0 Å². The van der Waals surface area contributed by atoms with Crippen molar-refractivity contribution in [3.8, 4) is 0 Å². The Hall–Kier alpha value is -0.820. The van der Waals surface area contributed by atoms with Crippen LogP contribution in [-0.2, 0) is 6.42 Å². The molecule has 0 atom stereocenters. The molecule has 0 saturated carbocycles. The van der Waals surface area contributed by atoms with E-state index in [1.807, 2.05) is 0 Å². The van der Waals surface area contributed by atoms with E-state index >= 15 is 0 Å². The normalized spacial score (nSPS) is 12.1. The lowest BCUT2D eigenvalue weighted by Crippen LogP contribution is -2.32.